The van der Waals surface area contributed by atoms with E-state index in [1.54, 1.807) is 0 Å². The molecule has 0 aromatic heterocycles. The van der Waals surface area contributed by atoms with Crippen molar-refractivity contribution in [2.45, 2.75) is 51.1 Å². The predicted molar refractivity (Wildman–Crippen MR) is 70.6 cm³/mol. The summed E-state index contributed by atoms with van der Waals surface area (Å²) < 4.78 is 49.2. The normalized spacial score (nSPS) is 17.7. The highest BCUT2D eigenvalue weighted by Crippen LogP contribution is 2.13. The fourth-order valence-corrected chi connectivity index (χ4v) is 3.11. The third-order valence-electron chi connectivity index (χ3n) is 3.05. The van der Waals surface area contributed by atoms with E-state index in [1.807, 2.05) is 0 Å². The molecule has 124 valence electrons. The summed E-state index contributed by atoms with van der Waals surface area (Å²) in [6, 6.07) is -3.29. The Morgan fingerprint density at radius 2 is 1.19 bits per heavy atom. The van der Waals surface area contributed by atoms with Crippen molar-refractivity contribution >= 4 is 9.84 Å². The lowest BCUT2D eigenvalue weighted by molar-refractivity contribution is -0.530. The number of nitrogens with zero attached hydrogens (tertiary/aromatic N) is 2. The van der Waals surface area contributed by atoms with Gasteiger partial charge in [0.15, 0.2) is 22.2 Å². The van der Waals surface area contributed by atoms with E-state index in [9.17, 15) is 37.4 Å². The first-order chi connectivity index (χ1) is 9.48. The van der Waals surface area contributed by atoms with Gasteiger partial charge in [0.05, 0.1) is 11.5 Å². The molecule has 0 N–H and O–H groups in total. The van der Waals surface area contributed by atoms with E-state index in [2.05, 4.69) is 0 Å². The third-order valence-corrected chi connectivity index (χ3v) is 4.77. The molecule has 0 fully saturated rings. The summed E-state index contributed by atoms with van der Waals surface area (Å²) in [7, 11) is -3.85. The lowest BCUT2D eigenvalue weighted by atomic mass is 10.1. The maximum absolute atomic E-state index is 12.9. The number of nitro groups is 2. The molecule has 11 heteroatoms. The molecule has 0 rings (SSSR count). The van der Waals surface area contributed by atoms with Gasteiger partial charge in [0.1, 0.15) is 0 Å². The van der Waals surface area contributed by atoms with Crippen LogP contribution in [0.4, 0.5) is 8.78 Å². The van der Waals surface area contributed by atoms with Crippen LogP contribution < -0.4 is 0 Å². The summed E-state index contributed by atoms with van der Waals surface area (Å²) in [6.45, 7) is 1.90. The van der Waals surface area contributed by atoms with Crippen LogP contribution in [0.25, 0.3) is 0 Å². The molecular formula is C10H18F2N2O6S. The lowest BCUT2D eigenvalue weighted by Crippen LogP contribution is -2.33. The molecule has 21 heavy (non-hydrogen) atoms. The first kappa shape index (κ1) is 19.6. The Bertz CT molecular complexity index is 432. The molecule has 0 aromatic rings. The van der Waals surface area contributed by atoms with Crippen LogP contribution in [0.15, 0.2) is 0 Å². The van der Waals surface area contributed by atoms with Crippen molar-refractivity contribution in [2.24, 2.45) is 0 Å². The summed E-state index contributed by atoms with van der Waals surface area (Å²) in [5.41, 5.74) is 0. The van der Waals surface area contributed by atoms with E-state index in [1.165, 1.54) is 0 Å². The first-order valence-electron chi connectivity index (χ1n) is 6.23. The first-order valence-corrected chi connectivity index (χ1v) is 8.05. The van der Waals surface area contributed by atoms with E-state index in [4.69, 9.17) is 0 Å². The molecule has 0 heterocycles. The smallest absolute Gasteiger partial charge is 0.244 e. The second kappa shape index (κ2) is 8.15. The van der Waals surface area contributed by atoms with Crippen molar-refractivity contribution in [2.75, 3.05) is 11.5 Å². The topological polar surface area (TPSA) is 120 Å². The minimum atomic E-state index is -3.85. The van der Waals surface area contributed by atoms with Gasteiger partial charge in [0, 0.05) is 22.7 Å². The van der Waals surface area contributed by atoms with Crippen molar-refractivity contribution < 1.29 is 27.0 Å². The fourth-order valence-electron chi connectivity index (χ4n) is 1.71. The molecule has 0 radical (unpaired) electrons. The standard InChI is InChI=1S/C10H18F2N2O6S/c1-7(11)9(13(15)16)3-5-21(19,20)6-4-10(8(2)12)14(17)18/h7-10H,3-6H2,1-2H3. The van der Waals surface area contributed by atoms with Gasteiger partial charge in [-0.05, 0) is 13.8 Å². The Morgan fingerprint density at radius 1 is 0.905 bits per heavy atom. The van der Waals surface area contributed by atoms with Gasteiger partial charge in [-0.1, -0.05) is 0 Å². The van der Waals surface area contributed by atoms with Crippen molar-refractivity contribution in [3.63, 3.8) is 0 Å². The van der Waals surface area contributed by atoms with Crippen molar-refractivity contribution in [1.29, 1.82) is 0 Å². The molecule has 0 saturated heterocycles. The summed E-state index contributed by atoms with van der Waals surface area (Å²) in [4.78, 5) is 19.3. The van der Waals surface area contributed by atoms with E-state index >= 15 is 0 Å². The fraction of sp³-hybridized carbons (Fsp3) is 1.00. The molecule has 0 saturated carbocycles. The zero-order chi connectivity index (χ0) is 16.8. The second-order valence-corrected chi connectivity index (χ2v) is 7.09. The molecule has 0 aromatic carbocycles. The number of hydrogen-bond donors (Lipinski definition) is 0. The van der Waals surface area contributed by atoms with Gasteiger partial charge in [-0.2, -0.15) is 0 Å². The monoisotopic (exact) mass is 332 g/mol. The Labute approximate surface area is 120 Å². The van der Waals surface area contributed by atoms with Gasteiger partial charge in [-0.25, -0.2) is 17.2 Å². The molecule has 0 bridgehead atoms. The minimum Gasteiger partial charge on any atom is -0.264 e. The molecule has 0 aliphatic carbocycles. The van der Waals surface area contributed by atoms with Crippen LogP contribution in [0.1, 0.15) is 26.7 Å². The third kappa shape index (κ3) is 7.25. The molecule has 0 spiro atoms. The van der Waals surface area contributed by atoms with E-state index < -0.39 is 68.5 Å². The summed E-state index contributed by atoms with van der Waals surface area (Å²) in [6.07, 6.45) is -4.68. The van der Waals surface area contributed by atoms with Gasteiger partial charge in [-0.15, -0.1) is 0 Å². The lowest BCUT2D eigenvalue weighted by Gasteiger charge is -2.12. The Balaban J connectivity index is 4.57. The van der Waals surface area contributed by atoms with E-state index in [0.29, 0.717) is 0 Å². The molecule has 4 unspecified atom stereocenters. The summed E-state index contributed by atoms with van der Waals surface area (Å²) >= 11 is 0. The Morgan fingerprint density at radius 3 is 1.38 bits per heavy atom. The molecule has 0 amide bonds. The molecular weight excluding hydrogens is 314 g/mol. The number of sulfone groups is 1. The summed E-state index contributed by atoms with van der Waals surface area (Å²) in [5.74, 6) is -1.34. The van der Waals surface area contributed by atoms with Crippen molar-refractivity contribution in [3.8, 4) is 0 Å². The van der Waals surface area contributed by atoms with Crippen LogP contribution in [0.3, 0.4) is 0 Å². The van der Waals surface area contributed by atoms with Gasteiger partial charge >= 0.3 is 0 Å². The predicted octanol–water partition coefficient (Wildman–Crippen LogP) is 1.19. The average molecular weight is 332 g/mol. The molecule has 8 nitrogen and oxygen atoms in total. The van der Waals surface area contributed by atoms with Gasteiger partial charge in [0.2, 0.25) is 12.1 Å². The zero-order valence-electron chi connectivity index (χ0n) is 11.6. The van der Waals surface area contributed by atoms with E-state index in [0.717, 1.165) is 13.8 Å². The Hall–Kier alpha value is -1.39. The number of rotatable bonds is 10. The zero-order valence-corrected chi connectivity index (χ0v) is 12.5. The molecule has 0 aliphatic rings. The van der Waals surface area contributed by atoms with Crippen molar-refractivity contribution in [1.82, 2.24) is 0 Å². The minimum absolute atomic E-state index is 0.526. The van der Waals surface area contributed by atoms with Crippen LogP contribution in [0, 0.1) is 20.2 Å². The van der Waals surface area contributed by atoms with Crippen LogP contribution in [0.2, 0.25) is 0 Å². The van der Waals surface area contributed by atoms with E-state index in [-0.39, 0.29) is 0 Å². The number of halogens is 2. The van der Waals surface area contributed by atoms with Crippen LogP contribution in [-0.4, -0.2) is 54.2 Å². The second-order valence-electron chi connectivity index (χ2n) is 4.79. The molecule has 4 atom stereocenters. The highest BCUT2D eigenvalue weighted by Gasteiger charge is 2.32. The van der Waals surface area contributed by atoms with Gasteiger partial charge in [0.25, 0.3) is 0 Å². The SMILES string of the molecule is CC(F)C(CCS(=O)(=O)CCC(C(C)F)[N+](=O)[O-])[N+](=O)[O-]. The quantitative estimate of drug-likeness (QED) is 0.437. The van der Waals surface area contributed by atoms with Gasteiger partial charge < -0.3 is 0 Å². The highest BCUT2D eigenvalue weighted by atomic mass is 32.2. The van der Waals surface area contributed by atoms with Crippen LogP contribution in [-0.2, 0) is 9.84 Å². The Kier molecular flexibility index (Phi) is 7.61. The van der Waals surface area contributed by atoms with Gasteiger partial charge in [-0.3, -0.25) is 20.2 Å². The van der Waals surface area contributed by atoms with Crippen molar-refractivity contribution in [3.05, 3.63) is 20.2 Å². The maximum Gasteiger partial charge on any atom is 0.244 e. The molecule has 0 aliphatic heterocycles. The summed E-state index contributed by atoms with van der Waals surface area (Å²) in [5, 5.41) is 21.1. The highest BCUT2D eigenvalue weighted by molar-refractivity contribution is 7.91. The van der Waals surface area contributed by atoms with Crippen LogP contribution in [0.5, 0.6) is 0 Å². The average Bonchev–Trinajstić information content (AvgIpc) is 2.26. The van der Waals surface area contributed by atoms with Crippen LogP contribution >= 0.6 is 0 Å². The maximum atomic E-state index is 12.9. The number of hydrogen-bond acceptors (Lipinski definition) is 6. The number of alkyl halides is 2. The largest absolute Gasteiger partial charge is 0.264 e.